The van der Waals surface area contributed by atoms with E-state index in [2.05, 4.69) is 9.71 Å². The number of fused-ring (bicyclic) bond motifs is 1. The quantitative estimate of drug-likeness (QED) is 0.478. The van der Waals surface area contributed by atoms with E-state index >= 15 is 0 Å². The van der Waals surface area contributed by atoms with Crippen molar-refractivity contribution in [3.63, 3.8) is 0 Å². The Bertz CT molecular complexity index is 1170. The lowest BCUT2D eigenvalue weighted by Gasteiger charge is -2.16. The molecule has 2 aromatic carbocycles. The lowest BCUT2D eigenvalue weighted by Crippen LogP contribution is -2.42. The largest absolute Gasteiger partial charge is 0.480 e. The van der Waals surface area contributed by atoms with Crippen molar-refractivity contribution in [3.05, 3.63) is 65.4 Å². The minimum Gasteiger partial charge on any atom is -0.480 e. The average Bonchev–Trinajstić information content (AvgIpc) is 3.04. The van der Waals surface area contributed by atoms with Crippen LogP contribution in [-0.2, 0) is 21.2 Å². The number of aryl methyl sites for hydroxylation is 1. The van der Waals surface area contributed by atoms with Crippen molar-refractivity contribution in [3.8, 4) is 0 Å². The van der Waals surface area contributed by atoms with Crippen LogP contribution in [0.1, 0.15) is 21.5 Å². The maximum Gasteiger partial charge on any atom is 0.335 e. The van der Waals surface area contributed by atoms with Crippen LogP contribution in [-0.4, -0.2) is 41.6 Å². The molecule has 9 heteroatoms. The van der Waals surface area contributed by atoms with Gasteiger partial charge in [0.05, 0.1) is 10.5 Å². The fourth-order valence-corrected chi connectivity index (χ4v) is 4.43. The van der Waals surface area contributed by atoms with Gasteiger partial charge >= 0.3 is 11.9 Å². The molecule has 1 heterocycles. The van der Waals surface area contributed by atoms with Crippen LogP contribution in [0.5, 0.6) is 0 Å². The predicted octanol–water partition coefficient (Wildman–Crippen LogP) is 2.15. The monoisotopic (exact) mass is 402 g/mol. The van der Waals surface area contributed by atoms with E-state index in [4.69, 9.17) is 5.11 Å². The first-order valence-electron chi connectivity index (χ1n) is 8.33. The van der Waals surface area contributed by atoms with E-state index in [-0.39, 0.29) is 16.9 Å². The number of nitrogens with one attached hydrogen (secondary N) is 2. The van der Waals surface area contributed by atoms with E-state index in [1.165, 1.54) is 19.1 Å². The fourth-order valence-electron chi connectivity index (χ4n) is 2.97. The Hall–Kier alpha value is -3.17. The Morgan fingerprint density at radius 1 is 1.14 bits per heavy atom. The van der Waals surface area contributed by atoms with Crippen molar-refractivity contribution in [2.75, 3.05) is 0 Å². The number of H-pyrrole nitrogens is 1. The highest BCUT2D eigenvalue weighted by atomic mass is 32.2. The van der Waals surface area contributed by atoms with Crippen LogP contribution in [0.4, 0.5) is 0 Å². The Morgan fingerprint density at radius 3 is 2.54 bits per heavy atom. The summed E-state index contributed by atoms with van der Waals surface area (Å²) in [6.45, 7) is 1.51. The molecule has 0 bridgehead atoms. The van der Waals surface area contributed by atoms with Crippen LogP contribution in [0.2, 0.25) is 0 Å². The van der Waals surface area contributed by atoms with Crippen LogP contribution in [0.25, 0.3) is 10.9 Å². The first-order valence-corrected chi connectivity index (χ1v) is 9.81. The Labute approximate surface area is 160 Å². The molecule has 28 heavy (non-hydrogen) atoms. The summed E-state index contributed by atoms with van der Waals surface area (Å²) in [4.78, 5) is 25.6. The summed E-state index contributed by atoms with van der Waals surface area (Å²) < 4.78 is 27.7. The van der Waals surface area contributed by atoms with Crippen LogP contribution < -0.4 is 4.72 Å². The SMILES string of the molecule is Cc1ccc(C(=O)O)cc1S(=O)(=O)NC(Cc1c[nH]c2ccccc12)C(=O)O. The third kappa shape index (κ3) is 3.90. The van der Waals surface area contributed by atoms with E-state index in [0.29, 0.717) is 11.1 Å². The summed E-state index contributed by atoms with van der Waals surface area (Å²) in [6.07, 6.45) is 1.57. The number of aliphatic carboxylic acids is 1. The first-order chi connectivity index (χ1) is 13.2. The number of rotatable bonds is 7. The molecule has 146 valence electrons. The van der Waals surface area contributed by atoms with Gasteiger partial charge in [-0.15, -0.1) is 0 Å². The molecule has 0 radical (unpaired) electrons. The summed E-state index contributed by atoms with van der Waals surface area (Å²) in [5.41, 5.74) is 1.58. The van der Waals surface area contributed by atoms with Crippen LogP contribution >= 0.6 is 0 Å². The zero-order chi connectivity index (χ0) is 20.5. The predicted molar refractivity (Wildman–Crippen MR) is 102 cm³/mol. The van der Waals surface area contributed by atoms with Gasteiger partial charge in [0, 0.05) is 23.5 Å². The van der Waals surface area contributed by atoms with Gasteiger partial charge in [0.2, 0.25) is 10.0 Å². The highest BCUT2D eigenvalue weighted by molar-refractivity contribution is 7.89. The molecule has 0 spiro atoms. The molecule has 4 N–H and O–H groups in total. The first kappa shape index (κ1) is 19.6. The summed E-state index contributed by atoms with van der Waals surface area (Å²) in [5, 5.41) is 19.4. The number of aromatic nitrogens is 1. The van der Waals surface area contributed by atoms with E-state index in [0.717, 1.165) is 17.0 Å². The van der Waals surface area contributed by atoms with E-state index in [9.17, 15) is 23.1 Å². The second kappa shape index (κ2) is 7.45. The van der Waals surface area contributed by atoms with Gasteiger partial charge in [-0.2, -0.15) is 4.72 Å². The molecule has 3 aromatic rings. The van der Waals surface area contributed by atoms with Crippen molar-refractivity contribution in [2.45, 2.75) is 24.3 Å². The molecule has 0 aliphatic carbocycles. The number of carbonyl (C=O) groups is 2. The fraction of sp³-hybridized carbons (Fsp3) is 0.158. The van der Waals surface area contributed by atoms with Crippen molar-refractivity contribution in [2.24, 2.45) is 0 Å². The maximum absolute atomic E-state index is 12.8. The van der Waals surface area contributed by atoms with E-state index < -0.39 is 28.0 Å². The minimum atomic E-state index is -4.25. The molecule has 0 saturated heterocycles. The zero-order valence-corrected chi connectivity index (χ0v) is 15.7. The molecule has 8 nitrogen and oxygen atoms in total. The lowest BCUT2D eigenvalue weighted by atomic mass is 10.1. The third-order valence-electron chi connectivity index (χ3n) is 4.42. The summed E-state index contributed by atoms with van der Waals surface area (Å²) in [6, 6.07) is 9.54. The van der Waals surface area contributed by atoms with Gasteiger partial charge in [0.1, 0.15) is 6.04 Å². The summed E-state index contributed by atoms with van der Waals surface area (Å²) >= 11 is 0. The number of carboxylic acid groups (broad SMARTS) is 2. The molecule has 0 amide bonds. The minimum absolute atomic E-state index is 0.0732. The number of sulfonamides is 1. The molecule has 0 aliphatic rings. The van der Waals surface area contributed by atoms with Gasteiger partial charge in [-0.25, -0.2) is 13.2 Å². The highest BCUT2D eigenvalue weighted by Gasteiger charge is 2.28. The molecule has 0 fully saturated rings. The maximum atomic E-state index is 12.8. The Balaban J connectivity index is 1.93. The number of carboxylic acids is 2. The smallest absolute Gasteiger partial charge is 0.335 e. The zero-order valence-electron chi connectivity index (χ0n) is 14.8. The second-order valence-electron chi connectivity index (χ2n) is 6.36. The molecule has 1 aromatic heterocycles. The van der Waals surface area contributed by atoms with Crippen molar-refractivity contribution >= 4 is 32.9 Å². The summed E-state index contributed by atoms with van der Waals surface area (Å²) in [5.74, 6) is -2.61. The Morgan fingerprint density at radius 2 is 1.86 bits per heavy atom. The molecule has 3 rings (SSSR count). The van der Waals surface area contributed by atoms with E-state index in [1.807, 2.05) is 18.2 Å². The number of aromatic amines is 1. The van der Waals surface area contributed by atoms with Gasteiger partial charge < -0.3 is 15.2 Å². The molecular formula is C19H18N2O6S. The number of hydrogen-bond donors (Lipinski definition) is 4. The topological polar surface area (TPSA) is 137 Å². The molecule has 0 aliphatic heterocycles. The number of aromatic carboxylic acids is 1. The highest BCUT2D eigenvalue weighted by Crippen LogP contribution is 2.21. The lowest BCUT2D eigenvalue weighted by molar-refractivity contribution is -0.138. The number of para-hydroxylation sites is 1. The molecule has 1 unspecified atom stereocenters. The molecule has 1 atom stereocenters. The van der Waals surface area contributed by atoms with Crippen LogP contribution in [0.15, 0.2) is 53.6 Å². The number of benzene rings is 2. The van der Waals surface area contributed by atoms with Gasteiger partial charge in [0.25, 0.3) is 0 Å². The normalized spacial score (nSPS) is 12.8. The van der Waals surface area contributed by atoms with Crippen molar-refractivity contribution < 1.29 is 28.2 Å². The van der Waals surface area contributed by atoms with Gasteiger partial charge in [-0.1, -0.05) is 24.3 Å². The Kier molecular flexibility index (Phi) is 5.21. The third-order valence-corrected chi connectivity index (χ3v) is 6.03. The van der Waals surface area contributed by atoms with Gasteiger partial charge in [-0.3, -0.25) is 4.79 Å². The molecular weight excluding hydrogens is 384 g/mol. The van der Waals surface area contributed by atoms with Crippen molar-refractivity contribution in [1.29, 1.82) is 0 Å². The van der Waals surface area contributed by atoms with E-state index in [1.54, 1.807) is 12.3 Å². The van der Waals surface area contributed by atoms with Crippen LogP contribution in [0, 0.1) is 6.92 Å². The van der Waals surface area contributed by atoms with Crippen LogP contribution in [0.3, 0.4) is 0 Å². The molecule has 0 saturated carbocycles. The second-order valence-corrected chi connectivity index (χ2v) is 8.04. The average molecular weight is 402 g/mol. The summed E-state index contributed by atoms with van der Waals surface area (Å²) in [7, 11) is -4.25. The van der Waals surface area contributed by atoms with Crippen molar-refractivity contribution in [1.82, 2.24) is 9.71 Å². The van der Waals surface area contributed by atoms with Gasteiger partial charge in [0.15, 0.2) is 0 Å². The number of hydrogen-bond acceptors (Lipinski definition) is 4. The standard InChI is InChI=1S/C19H18N2O6S/c1-11-6-7-12(18(22)23)9-17(11)28(26,27)21-16(19(24)25)8-13-10-20-15-5-3-2-4-14(13)15/h2-7,9-10,16,20-21H,8H2,1H3,(H,22,23)(H,24,25). The van der Waals surface area contributed by atoms with Gasteiger partial charge in [-0.05, 0) is 36.2 Å².